The van der Waals surface area contributed by atoms with Gasteiger partial charge in [-0.15, -0.1) is 0 Å². The molecule has 1 fully saturated rings. The summed E-state index contributed by atoms with van der Waals surface area (Å²) >= 11 is 0. The molecule has 15 heteroatoms. The number of methoxy groups -OCH3 is 1. The zero-order valence-corrected chi connectivity index (χ0v) is 19.9. The van der Waals surface area contributed by atoms with Gasteiger partial charge in [-0.1, -0.05) is 11.1 Å². The summed E-state index contributed by atoms with van der Waals surface area (Å²) in [5.74, 6) is -6.24. The maximum absolute atomic E-state index is 14.0. The van der Waals surface area contributed by atoms with Crippen LogP contribution in [0.4, 0.5) is 5.95 Å². The number of fused-ring (bicyclic) bond motifs is 1. The Hall–Kier alpha value is -5.21. The van der Waals surface area contributed by atoms with Crippen LogP contribution in [-0.4, -0.2) is 99.6 Å². The fraction of sp³-hybridized carbons (Fsp3) is 0.292. The Balaban J connectivity index is 1.46. The van der Waals surface area contributed by atoms with E-state index in [4.69, 9.17) is 23.9 Å². The molecule has 6 heterocycles. The standard InChI is InChI=1S/C24H24N12O3/c1-14-4-5-18(25-10-14)36-24(29-31-32-36)34-8-6-33(7-9-34)23(38)21(37)16-11-26-20-19(16)17(39-3)12-27-22(20)35-13-28-15(2)30-35/h4-5,10-13,26H,6-9H2,1-3H3/i2D3,4D,5D,6D2,7D2,8D2,9D2,10D. The Labute approximate surface area is 241 Å². The quantitative estimate of drug-likeness (QED) is 0.237. The second-order valence-corrected chi connectivity index (χ2v) is 7.68. The molecule has 198 valence electrons. The first kappa shape index (κ1) is 13.0. The average molecular weight is 543 g/mol. The fourth-order valence-electron chi connectivity index (χ4n) is 3.55. The monoisotopic (exact) mass is 542 g/mol. The normalized spacial score (nSPS) is 24.5. The molecule has 1 saturated heterocycles. The Morgan fingerprint density at radius 1 is 1.18 bits per heavy atom. The summed E-state index contributed by atoms with van der Waals surface area (Å²) in [6.07, 6.45) is 2.53. The van der Waals surface area contributed by atoms with Gasteiger partial charge in [0.25, 0.3) is 17.6 Å². The predicted molar refractivity (Wildman–Crippen MR) is 137 cm³/mol. The number of ketones is 1. The molecule has 5 aromatic heterocycles. The predicted octanol–water partition coefficient (Wildman–Crippen LogP) is 0.671. The Morgan fingerprint density at radius 3 is 2.79 bits per heavy atom. The lowest BCUT2D eigenvalue weighted by Crippen LogP contribution is -2.51. The molecule has 0 spiro atoms. The first-order chi connectivity index (χ1) is 24.4. The number of aromatic amines is 1. The van der Waals surface area contributed by atoms with Gasteiger partial charge < -0.3 is 19.5 Å². The summed E-state index contributed by atoms with van der Waals surface area (Å²) in [6, 6.07) is -1.20. The number of carbonyl (C=O) groups excluding carboxylic acids is 2. The van der Waals surface area contributed by atoms with Gasteiger partial charge in [-0.05, 0) is 35.8 Å². The zero-order valence-electron chi connectivity index (χ0n) is 33.9. The molecule has 0 unspecified atom stereocenters. The number of aryl methyl sites for hydroxylation is 1. The van der Waals surface area contributed by atoms with E-state index in [0.717, 1.165) is 23.4 Å². The lowest BCUT2D eigenvalue weighted by Gasteiger charge is -2.34. The lowest BCUT2D eigenvalue weighted by atomic mass is 10.1. The number of anilines is 1. The fourth-order valence-corrected chi connectivity index (χ4v) is 3.55. The Kier molecular flexibility index (Phi) is 3.20. The zero-order chi connectivity index (χ0) is 39.4. The summed E-state index contributed by atoms with van der Waals surface area (Å²) in [7, 11) is 1.18. The highest BCUT2D eigenvalue weighted by molar-refractivity contribution is 6.45. The van der Waals surface area contributed by atoms with E-state index in [1.807, 2.05) is 0 Å². The molecule has 1 amide bonds. The van der Waals surface area contributed by atoms with Gasteiger partial charge in [0.05, 0.1) is 44.9 Å². The van der Waals surface area contributed by atoms with Crippen LogP contribution in [0.15, 0.2) is 37.0 Å². The summed E-state index contributed by atoms with van der Waals surface area (Å²) in [4.78, 5) is 41.7. The number of hydrogen-bond donors (Lipinski definition) is 1. The summed E-state index contributed by atoms with van der Waals surface area (Å²) < 4.78 is 124. The minimum atomic E-state index is -3.91. The number of tetrazole rings is 1. The topological polar surface area (TPSA) is 166 Å². The number of hydrogen-bond acceptors (Lipinski definition) is 11. The number of nitrogens with zero attached hydrogens (tertiary/aromatic N) is 11. The van der Waals surface area contributed by atoms with Gasteiger partial charge in [0.2, 0.25) is 0 Å². The first-order valence-corrected chi connectivity index (χ1v) is 10.8. The maximum atomic E-state index is 14.0. The number of piperazine rings is 1. The number of amides is 1. The van der Waals surface area contributed by atoms with Gasteiger partial charge >= 0.3 is 0 Å². The molecule has 39 heavy (non-hydrogen) atoms. The van der Waals surface area contributed by atoms with Crippen molar-refractivity contribution in [3.05, 3.63) is 53.9 Å². The van der Waals surface area contributed by atoms with Gasteiger partial charge in [-0.2, -0.15) is 9.78 Å². The van der Waals surface area contributed by atoms with E-state index in [-0.39, 0.29) is 32.9 Å². The van der Waals surface area contributed by atoms with Gasteiger partial charge in [0.15, 0.2) is 11.6 Å². The molecule has 0 radical (unpaired) electrons. The van der Waals surface area contributed by atoms with E-state index in [1.54, 1.807) is 0 Å². The molecule has 5 aromatic rings. The van der Waals surface area contributed by atoms with Crippen molar-refractivity contribution < 1.29 is 33.5 Å². The molecular weight excluding hydrogens is 504 g/mol. The van der Waals surface area contributed by atoms with E-state index in [9.17, 15) is 9.59 Å². The molecule has 1 aliphatic rings. The number of carbonyl (C=O) groups is 2. The van der Waals surface area contributed by atoms with Gasteiger partial charge in [0, 0.05) is 42.5 Å². The third-order valence-electron chi connectivity index (χ3n) is 5.32. The van der Waals surface area contributed by atoms with Crippen molar-refractivity contribution in [1.29, 1.82) is 0 Å². The van der Waals surface area contributed by atoms with Crippen molar-refractivity contribution in [3.8, 4) is 17.4 Å². The smallest absolute Gasteiger partial charge is 0.295 e. The number of pyridine rings is 2. The summed E-state index contributed by atoms with van der Waals surface area (Å²) in [6.45, 7) is -16.8. The van der Waals surface area contributed by atoms with Crippen LogP contribution in [-0.2, 0) is 4.79 Å². The van der Waals surface area contributed by atoms with E-state index >= 15 is 0 Å². The van der Waals surface area contributed by atoms with E-state index in [2.05, 4.69) is 40.6 Å². The van der Waals surface area contributed by atoms with Crippen molar-refractivity contribution in [3.63, 3.8) is 0 Å². The van der Waals surface area contributed by atoms with Crippen LogP contribution in [0.25, 0.3) is 22.5 Å². The molecule has 0 bridgehead atoms. The third kappa shape index (κ3) is 4.22. The Morgan fingerprint density at radius 2 is 2.03 bits per heavy atom. The summed E-state index contributed by atoms with van der Waals surface area (Å²) in [5.41, 5.74) is -0.669. The number of ether oxygens (including phenoxy) is 1. The van der Waals surface area contributed by atoms with Crippen molar-refractivity contribution in [2.45, 2.75) is 13.8 Å². The number of rotatable bonds is 6. The highest BCUT2D eigenvalue weighted by atomic mass is 16.5. The van der Waals surface area contributed by atoms with Crippen LogP contribution >= 0.6 is 0 Å². The molecule has 15 nitrogen and oxygen atoms in total. The van der Waals surface area contributed by atoms with E-state index < -0.39 is 90.8 Å². The lowest BCUT2D eigenvalue weighted by molar-refractivity contribution is -0.126. The van der Waals surface area contributed by atoms with Crippen LogP contribution < -0.4 is 9.64 Å². The average Bonchev–Trinajstić information content (AvgIpc) is 3.84. The van der Waals surface area contributed by atoms with Crippen LogP contribution in [0.5, 0.6) is 5.75 Å². The maximum Gasteiger partial charge on any atom is 0.295 e. The second-order valence-electron chi connectivity index (χ2n) is 7.68. The number of Topliss-reactive ketones (excluding diaryl/α,β-unsaturated/α-hetero) is 1. The SMILES string of the molecule is [2H]c1nc(-n2nnnc2N2C([2H])([2H])C([2H])([2H])N(C(=O)C(=O)c3c[nH]c4c(-n5cnc(C([2H])([2H])[2H])n5)ncc(OC)c34)C([2H])([2H])C2([2H])[2H])c([2H])c([2H])c1C. The molecule has 6 rings (SSSR count). The van der Waals surface area contributed by atoms with Crippen LogP contribution in [0.1, 0.15) is 40.9 Å². The highest BCUT2D eigenvalue weighted by Crippen LogP contribution is 2.32. The molecule has 1 N–H and O–H groups in total. The van der Waals surface area contributed by atoms with Crippen molar-refractivity contribution in [1.82, 2.24) is 54.8 Å². The number of H-pyrrole nitrogens is 1. The summed E-state index contributed by atoms with van der Waals surface area (Å²) in [5, 5.41) is 14.1. The number of aromatic nitrogens is 10. The van der Waals surface area contributed by atoms with E-state index in [0.29, 0.717) is 4.68 Å². The Bertz CT molecular complexity index is 2290. The van der Waals surface area contributed by atoms with Gasteiger partial charge in [0.1, 0.15) is 17.9 Å². The highest BCUT2D eigenvalue weighted by Gasteiger charge is 2.31. The molecule has 0 aliphatic carbocycles. The molecule has 0 atom stereocenters. The van der Waals surface area contributed by atoms with Crippen LogP contribution in [0, 0.1) is 13.8 Å². The molecule has 0 aromatic carbocycles. The molecule has 0 saturated carbocycles. The first-order valence-electron chi connectivity index (χ1n) is 17.8. The van der Waals surface area contributed by atoms with Crippen molar-refractivity contribution in [2.24, 2.45) is 0 Å². The van der Waals surface area contributed by atoms with Gasteiger partial charge in [-0.3, -0.25) is 9.59 Å². The van der Waals surface area contributed by atoms with Crippen LogP contribution in [0.2, 0.25) is 0 Å². The molecular formula is C24H24N12O3. The van der Waals surface area contributed by atoms with Crippen molar-refractivity contribution in [2.75, 3.05) is 38.0 Å². The van der Waals surface area contributed by atoms with Crippen LogP contribution in [0.3, 0.4) is 0 Å². The van der Waals surface area contributed by atoms with E-state index in [1.165, 1.54) is 14.0 Å². The van der Waals surface area contributed by atoms with Gasteiger partial charge in [-0.25, -0.2) is 19.6 Å². The molecule has 1 aliphatic heterocycles. The third-order valence-corrected chi connectivity index (χ3v) is 5.32. The van der Waals surface area contributed by atoms with Crippen molar-refractivity contribution >= 4 is 28.5 Å². The minimum Gasteiger partial charge on any atom is -0.494 e. The minimum absolute atomic E-state index is 0.0233. The largest absolute Gasteiger partial charge is 0.494 e. The second kappa shape index (κ2) is 9.59. The number of nitrogens with one attached hydrogen (secondary N) is 1.